The van der Waals surface area contributed by atoms with Crippen molar-refractivity contribution >= 4 is 60.2 Å². The van der Waals surface area contributed by atoms with Crippen molar-refractivity contribution < 1.29 is 94.6 Å². The minimum atomic E-state index is -6.25. The van der Waals surface area contributed by atoms with E-state index in [4.69, 9.17) is 35.2 Å². The number of nitrogens with two attached hydrogens (primary N) is 1. The molecule has 25 nitrogen and oxygen atoms in total. The number of aliphatic hydroxyl groups excluding tert-OH is 1. The summed E-state index contributed by atoms with van der Waals surface area (Å²) in [4.78, 5) is 79.8. The van der Waals surface area contributed by atoms with Crippen molar-refractivity contribution in [3.8, 4) is 0 Å². The first-order valence-corrected chi connectivity index (χ1v) is 16.3. The lowest BCUT2D eigenvalue weighted by atomic mass is 10.1. The number of carbonyl (C=O) groups is 2. The molecule has 3 unspecified atom stereocenters. The van der Waals surface area contributed by atoms with Crippen LogP contribution in [0.5, 0.6) is 0 Å². The fourth-order valence-electron chi connectivity index (χ4n) is 3.31. The van der Waals surface area contributed by atoms with Crippen LogP contribution in [0.4, 0.5) is 5.82 Å². The molecule has 1 fully saturated rings. The van der Waals surface area contributed by atoms with Crippen LogP contribution in [0, 0.1) is 0 Å². The number of phosphoric acid groups is 4. The average molecular weight is 689 g/mol. The van der Waals surface area contributed by atoms with Gasteiger partial charge in [0.1, 0.15) is 30.2 Å². The van der Waals surface area contributed by atoms with Crippen molar-refractivity contribution in [2.45, 2.75) is 30.6 Å². The molecule has 1 aliphatic heterocycles. The summed E-state index contributed by atoms with van der Waals surface area (Å²) >= 11 is 0. The number of nitrogen functional groups attached to an aromatic ring is 1. The minimum Gasteiger partial charge on any atom is -0.479 e. The highest BCUT2D eigenvalue weighted by Crippen LogP contribution is 2.71. The Morgan fingerprint density at radius 3 is 2.10 bits per heavy atom. The third-order valence-electron chi connectivity index (χ3n) is 4.72. The maximum absolute atomic E-state index is 12.5. The number of carboxylic acid groups (broad SMARTS) is 2. The van der Waals surface area contributed by atoms with Crippen LogP contribution in [0.1, 0.15) is 6.23 Å². The summed E-state index contributed by atoms with van der Waals surface area (Å²) < 4.78 is 73.3. The zero-order chi connectivity index (χ0) is 31.8. The number of hydrogen-bond donors (Lipinski definition) is 9. The van der Waals surface area contributed by atoms with Gasteiger partial charge in [-0.1, -0.05) is 0 Å². The molecular weight excluding hydrogens is 670 g/mol. The Hall–Kier alpha value is -2.27. The SMILES string of the molecule is Nc1ncnc2c1ncn2[C@@H]1O[C@H](COC(C(=O)O)C(=O)O)[C@@H](OP(=O)(O)OP(=O)(O)OP(=O)(O)OP(=O)(O)O)[C@H]1O. The van der Waals surface area contributed by atoms with E-state index in [-0.39, 0.29) is 17.0 Å². The summed E-state index contributed by atoms with van der Waals surface area (Å²) in [7, 11) is -24.2. The number of carboxylic acids is 2. The summed E-state index contributed by atoms with van der Waals surface area (Å²) in [5.41, 5.74) is 5.60. The van der Waals surface area contributed by atoms with Crippen molar-refractivity contribution in [3.05, 3.63) is 12.7 Å². The van der Waals surface area contributed by atoms with Crippen LogP contribution in [0.2, 0.25) is 0 Å². The van der Waals surface area contributed by atoms with Gasteiger partial charge in [0.05, 0.1) is 12.9 Å². The molecule has 0 saturated carbocycles. The van der Waals surface area contributed by atoms with Crippen molar-refractivity contribution in [1.82, 2.24) is 19.5 Å². The van der Waals surface area contributed by atoms with Gasteiger partial charge in [-0.15, -0.1) is 0 Å². The summed E-state index contributed by atoms with van der Waals surface area (Å²) in [5.74, 6) is -4.09. The van der Waals surface area contributed by atoms with Gasteiger partial charge >= 0.3 is 43.2 Å². The lowest BCUT2D eigenvalue weighted by Crippen LogP contribution is -2.40. The van der Waals surface area contributed by atoms with Crippen LogP contribution in [0.25, 0.3) is 11.2 Å². The predicted molar refractivity (Wildman–Crippen MR) is 124 cm³/mol. The van der Waals surface area contributed by atoms with E-state index in [0.717, 1.165) is 17.2 Å². The van der Waals surface area contributed by atoms with Crippen LogP contribution in [-0.4, -0.2) is 102 Å². The van der Waals surface area contributed by atoms with Crippen LogP contribution in [0.3, 0.4) is 0 Å². The zero-order valence-electron chi connectivity index (χ0n) is 19.9. The number of rotatable bonds is 14. The smallest absolute Gasteiger partial charge is 0.479 e. The highest BCUT2D eigenvalue weighted by molar-refractivity contribution is 7.69. The third kappa shape index (κ3) is 8.65. The van der Waals surface area contributed by atoms with Gasteiger partial charge in [0.2, 0.25) is 0 Å². The molecule has 2 aromatic rings. The maximum Gasteiger partial charge on any atom is 0.490 e. The number of fused-ring (bicyclic) bond motifs is 1. The number of imidazole rings is 1. The minimum absolute atomic E-state index is 0.0113. The van der Waals surface area contributed by atoms with Gasteiger partial charge in [-0.05, 0) is 0 Å². The molecule has 0 aliphatic carbocycles. The largest absolute Gasteiger partial charge is 0.490 e. The predicted octanol–water partition coefficient (Wildman–Crippen LogP) is -1.95. The van der Waals surface area contributed by atoms with Gasteiger partial charge in [0.25, 0.3) is 6.10 Å². The maximum atomic E-state index is 12.5. The Bertz CT molecular complexity index is 1530. The number of aliphatic hydroxyl groups is 1. The van der Waals surface area contributed by atoms with Gasteiger partial charge in [-0.3, -0.25) is 9.09 Å². The monoisotopic (exact) mass is 689 g/mol. The van der Waals surface area contributed by atoms with Gasteiger partial charge in [0.15, 0.2) is 17.7 Å². The van der Waals surface area contributed by atoms with E-state index in [2.05, 4.69) is 32.4 Å². The molecule has 0 radical (unpaired) electrons. The molecular formula is C13H19N5O20P4. The van der Waals surface area contributed by atoms with Gasteiger partial charge < -0.3 is 55.0 Å². The first-order valence-electron chi connectivity index (χ1n) is 10.3. The summed E-state index contributed by atoms with van der Waals surface area (Å²) in [6.45, 7) is -1.10. The molecule has 0 bridgehead atoms. The zero-order valence-corrected chi connectivity index (χ0v) is 23.5. The molecule has 10 N–H and O–H groups in total. The van der Waals surface area contributed by atoms with E-state index in [9.17, 15) is 47.6 Å². The molecule has 0 spiro atoms. The fourth-order valence-corrected chi connectivity index (χ4v) is 7.97. The average Bonchev–Trinajstić information content (AvgIpc) is 3.32. The summed E-state index contributed by atoms with van der Waals surface area (Å²) in [5, 5.41) is 28.9. The first kappa shape index (κ1) is 34.2. The van der Waals surface area contributed by atoms with Crippen molar-refractivity contribution in [1.29, 1.82) is 0 Å². The molecule has 2 aromatic heterocycles. The van der Waals surface area contributed by atoms with E-state index in [0.29, 0.717) is 0 Å². The highest BCUT2D eigenvalue weighted by atomic mass is 31.3. The molecule has 42 heavy (non-hydrogen) atoms. The molecule has 3 heterocycles. The summed E-state index contributed by atoms with van der Waals surface area (Å²) in [6.07, 6.45) is -8.41. The van der Waals surface area contributed by atoms with Crippen LogP contribution in [-0.2, 0) is 54.8 Å². The standard InChI is InChI=1S/C13H19N5O20P4/c14-9-5-10(16-2-15-9)18(3-17-5)11-6(19)7(4(34-11)1-33-8(12(20)21)13(22)23)35-40(27,28)37-42(31,32)38-41(29,30)36-39(24,25)26/h2-4,6-8,11,19H,1H2,(H,20,21)(H,22,23)(H,27,28)(H,29,30)(H,31,32)(H2,14,15,16)(H2,24,25,26)/t4-,6-,7-,11-/m1/s1. The Balaban J connectivity index is 1.89. The molecule has 236 valence electrons. The Labute approximate surface area is 230 Å². The fraction of sp³-hybridized carbons (Fsp3) is 0.462. The number of nitrogens with zero attached hydrogens (tertiary/aromatic N) is 4. The number of aliphatic carboxylic acids is 2. The van der Waals surface area contributed by atoms with E-state index in [1.807, 2.05) is 0 Å². The number of anilines is 1. The van der Waals surface area contributed by atoms with E-state index in [1.54, 1.807) is 0 Å². The molecule has 3 rings (SSSR count). The number of ether oxygens (including phenoxy) is 2. The van der Waals surface area contributed by atoms with Crippen molar-refractivity contribution in [2.75, 3.05) is 12.3 Å². The van der Waals surface area contributed by atoms with E-state index >= 15 is 0 Å². The second kappa shape index (κ2) is 12.4. The topological polar surface area (TPSA) is 389 Å². The molecule has 0 aromatic carbocycles. The number of phosphoric ester groups is 1. The normalized spacial score (nSPS) is 25.6. The second-order valence-corrected chi connectivity index (χ2v) is 13.7. The van der Waals surface area contributed by atoms with E-state index in [1.165, 1.54) is 0 Å². The van der Waals surface area contributed by atoms with Crippen molar-refractivity contribution in [3.63, 3.8) is 0 Å². The van der Waals surface area contributed by atoms with Crippen molar-refractivity contribution in [2.24, 2.45) is 0 Å². The number of hydrogen-bond acceptors (Lipinski definition) is 17. The second-order valence-electron chi connectivity index (χ2n) is 7.74. The Morgan fingerprint density at radius 2 is 1.52 bits per heavy atom. The summed E-state index contributed by atoms with van der Waals surface area (Å²) in [6, 6.07) is 0. The number of aromatic nitrogens is 4. The van der Waals surface area contributed by atoms with Gasteiger partial charge in [-0.25, -0.2) is 42.8 Å². The third-order valence-corrected chi connectivity index (χ3v) is 10.2. The quantitative estimate of drug-likeness (QED) is 0.0768. The molecule has 1 saturated heterocycles. The Morgan fingerprint density at radius 1 is 0.952 bits per heavy atom. The van der Waals surface area contributed by atoms with Crippen LogP contribution >= 0.6 is 31.3 Å². The molecule has 1 aliphatic rings. The molecule has 7 atom stereocenters. The van der Waals surface area contributed by atoms with Crippen LogP contribution in [0.15, 0.2) is 12.7 Å². The van der Waals surface area contributed by atoms with Crippen LogP contribution < -0.4 is 5.73 Å². The Kier molecular flexibility index (Phi) is 10.1. The first-order chi connectivity index (χ1) is 19.1. The van der Waals surface area contributed by atoms with Gasteiger partial charge in [0, 0.05) is 0 Å². The lowest BCUT2D eigenvalue weighted by Gasteiger charge is -2.24. The van der Waals surface area contributed by atoms with E-state index < -0.39 is 80.5 Å². The molecule has 0 amide bonds. The lowest BCUT2D eigenvalue weighted by molar-refractivity contribution is -0.170. The highest BCUT2D eigenvalue weighted by Gasteiger charge is 2.52. The van der Waals surface area contributed by atoms with Gasteiger partial charge in [-0.2, -0.15) is 12.9 Å². The molecule has 29 heteroatoms.